The maximum atomic E-state index is 12.8. The Bertz CT molecular complexity index is 1200. The fourth-order valence-electron chi connectivity index (χ4n) is 3.30. The Hall–Kier alpha value is -2.95. The molecule has 0 fully saturated rings. The number of fused-ring (bicyclic) bond motifs is 1. The van der Waals surface area contributed by atoms with Gasteiger partial charge in [-0.1, -0.05) is 65.7 Å². The minimum absolute atomic E-state index is 0.162. The molecule has 0 radical (unpaired) electrons. The summed E-state index contributed by atoms with van der Waals surface area (Å²) in [5.41, 5.74) is 3.81. The summed E-state index contributed by atoms with van der Waals surface area (Å²) in [4.78, 5) is 12.8. The molecule has 1 N–H and O–H groups in total. The first-order valence-electron chi connectivity index (χ1n) is 8.91. The van der Waals surface area contributed by atoms with Crippen molar-refractivity contribution in [2.45, 2.75) is 6.92 Å². The molecule has 29 heavy (non-hydrogen) atoms. The summed E-state index contributed by atoms with van der Waals surface area (Å²) in [5.74, 6) is 0.216. The Morgan fingerprint density at radius 2 is 1.62 bits per heavy atom. The van der Waals surface area contributed by atoms with Crippen molar-refractivity contribution in [2.24, 2.45) is 0 Å². The lowest BCUT2D eigenvalue weighted by atomic mass is 10.1. The van der Waals surface area contributed by atoms with Crippen LogP contribution in [0.2, 0.25) is 10.0 Å². The summed E-state index contributed by atoms with van der Waals surface area (Å²) in [6.07, 6.45) is 0. The van der Waals surface area contributed by atoms with Crippen molar-refractivity contribution in [2.75, 3.05) is 12.4 Å². The van der Waals surface area contributed by atoms with E-state index in [1.165, 1.54) is 13.2 Å². The van der Waals surface area contributed by atoms with Crippen LogP contribution < -0.4 is 10.1 Å². The highest BCUT2D eigenvalue weighted by molar-refractivity contribution is 6.39. The zero-order chi connectivity index (χ0) is 20.5. The van der Waals surface area contributed by atoms with E-state index in [1.54, 1.807) is 6.92 Å². The molecule has 6 heteroatoms. The van der Waals surface area contributed by atoms with Crippen LogP contribution in [0.1, 0.15) is 16.1 Å². The standard InChI is InChI=1S/C23H17Cl2NO3/c1-13-19-21(28-2)17(24)12-18(25)22(19)29-20(13)23(27)26-16-10-8-15(9-11-16)14-6-4-3-5-7-14/h3-12H,1-2H3,(H,26,27). The predicted molar refractivity (Wildman–Crippen MR) is 117 cm³/mol. The average Bonchev–Trinajstić information content (AvgIpc) is 3.08. The van der Waals surface area contributed by atoms with Crippen molar-refractivity contribution in [3.63, 3.8) is 0 Å². The Kier molecular flexibility index (Phi) is 5.22. The van der Waals surface area contributed by atoms with Crippen molar-refractivity contribution in [1.82, 2.24) is 0 Å². The van der Waals surface area contributed by atoms with Crippen LogP contribution in [0, 0.1) is 6.92 Å². The molecule has 0 bridgehead atoms. The van der Waals surface area contributed by atoms with E-state index in [0.29, 0.717) is 38.0 Å². The molecule has 146 valence electrons. The number of benzene rings is 3. The highest BCUT2D eigenvalue weighted by Crippen LogP contribution is 2.42. The molecule has 1 aromatic heterocycles. The molecule has 1 heterocycles. The molecule has 0 aliphatic carbocycles. The maximum absolute atomic E-state index is 12.8. The molecular formula is C23H17Cl2NO3. The molecule has 0 saturated carbocycles. The first-order chi connectivity index (χ1) is 14.0. The largest absolute Gasteiger partial charge is 0.494 e. The van der Waals surface area contributed by atoms with Gasteiger partial charge in [-0.05, 0) is 36.2 Å². The topological polar surface area (TPSA) is 51.5 Å². The number of methoxy groups -OCH3 is 1. The van der Waals surface area contributed by atoms with Gasteiger partial charge in [0.15, 0.2) is 11.3 Å². The summed E-state index contributed by atoms with van der Waals surface area (Å²) in [6, 6.07) is 19.2. The minimum Gasteiger partial charge on any atom is -0.494 e. The monoisotopic (exact) mass is 425 g/mol. The van der Waals surface area contributed by atoms with Crippen molar-refractivity contribution in [3.8, 4) is 16.9 Å². The van der Waals surface area contributed by atoms with Crippen LogP contribution in [0.25, 0.3) is 22.1 Å². The number of carbonyl (C=O) groups is 1. The van der Waals surface area contributed by atoms with E-state index in [1.807, 2.05) is 54.6 Å². The number of hydrogen-bond donors (Lipinski definition) is 1. The van der Waals surface area contributed by atoms with Gasteiger partial charge in [-0.3, -0.25) is 4.79 Å². The van der Waals surface area contributed by atoms with Gasteiger partial charge in [0.25, 0.3) is 5.91 Å². The van der Waals surface area contributed by atoms with Gasteiger partial charge in [-0.15, -0.1) is 0 Å². The van der Waals surface area contributed by atoms with Gasteiger partial charge in [-0.25, -0.2) is 0 Å². The van der Waals surface area contributed by atoms with Crippen molar-refractivity contribution in [1.29, 1.82) is 0 Å². The Morgan fingerprint density at radius 1 is 0.966 bits per heavy atom. The van der Waals surface area contributed by atoms with E-state index in [4.69, 9.17) is 32.4 Å². The van der Waals surface area contributed by atoms with E-state index in [9.17, 15) is 4.79 Å². The third-order valence-corrected chi connectivity index (χ3v) is 5.28. The molecule has 3 aromatic carbocycles. The molecule has 4 nitrogen and oxygen atoms in total. The van der Waals surface area contributed by atoms with Crippen LogP contribution in [0.4, 0.5) is 5.69 Å². The lowest BCUT2D eigenvalue weighted by molar-refractivity contribution is 0.0998. The number of nitrogens with one attached hydrogen (secondary N) is 1. The summed E-state index contributed by atoms with van der Waals surface area (Å²) < 4.78 is 11.1. The second kappa shape index (κ2) is 7.82. The van der Waals surface area contributed by atoms with E-state index in [-0.39, 0.29) is 11.7 Å². The number of hydrogen-bond acceptors (Lipinski definition) is 3. The zero-order valence-electron chi connectivity index (χ0n) is 15.8. The van der Waals surface area contributed by atoms with E-state index < -0.39 is 0 Å². The number of halogens is 2. The predicted octanol–water partition coefficient (Wildman–Crippen LogP) is 6.98. The molecule has 0 saturated heterocycles. The quantitative estimate of drug-likeness (QED) is 0.383. The molecule has 1 amide bonds. The van der Waals surface area contributed by atoms with Crippen molar-refractivity contribution in [3.05, 3.63) is 82.0 Å². The zero-order valence-corrected chi connectivity index (χ0v) is 17.3. The molecule has 0 unspecified atom stereocenters. The normalized spacial score (nSPS) is 10.9. The molecular weight excluding hydrogens is 409 g/mol. The number of amides is 1. The molecule has 0 aliphatic heterocycles. The molecule has 0 aliphatic rings. The van der Waals surface area contributed by atoms with E-state index in [0.717, 1.165) is 11.1 Å². The number of anilines is 1. The smallest absolute Gasteiger partial charge is 0.291 e. The van der Waals surface area contributed by atoms with E-state index >= 15 is 0 Å². The van der Waals surface area contributed by atoms with Crippen molar-refractivity contribution < 1.29 is 13.9 Å². The highest BCUT2D eigenvalue weighted by Gasteiger charge is 2.24. The third-order valence-electron chi connectivity index (χ3n) is 4.72. The fraction of sp³-hybridized carbons (Fsp3) is 0.0870. The van der Waals surface area contributed by atoms with Gasteiger partial charge >= 0.3 is 0 Å². The van der Waals surface area contributed by atoms with Crippen LogP contribution in [0.15, 0.2) is 65.1 Å². The third kappa shape index (κ3) is 3.57. The average molecular weight is 426 g/mol. The first kappa shape index (κ1) is 19.4. The van der Waals surface area contributed by atoms with Crippen LogP contribution in [-0.4, -0.2) is 13.0 Å². The lowest BCUT2D eigenvalue weighted by Crippen LogP contribution is -2.12. The van der Waals surface area contributed by atoms with Gasteiger partial charge in [0.2, 0.25) is 0 Å². The number of ether oxygens (including phenoxy) is 1. The highest BCUT2D eigenvalue weighted by atomic mass is 35.5. The van der Waals surface area contributed by atoms with Gasteiger partial charge in [-0.2, -0.15) is 0 Å². The van der Waals surface area contributed by atoms with Crippen molar-refractivity contribution >= 4 is 45.8 Å². The second-order valence-electron chi connectivity index (χ2n) is 6.53. The minimum atomic E-state index is -0.375. The number of furan rings is 1. The maximum Gasteiger partial charge on any atom is 0.291 e. The van der Waals surface area contributed by atoms with Gasteiger partial charge in [0.05, 0.1) is 22.5 Å². The molecule has 4 rings (SSSR count). The molecule has 0 spiro atoms. The lowest BCUT2D eigenvalue weighted by Gasteiger charge is -2.06. The summed E-state index contributed by atoms with van der Waals surface area (Å²) in [6.45, 7) is 1.77. The Balaban J connectivity index is 1.64. The molecule has 0 atom stereocenters. The second-order valence-corrected chi connectivity index (χ2v) is 7.35. The number of aryl methyl sites for hydroxylation is 1. The van der Waals surface area contributed by atoms with Crippen LogP contribution in [0.3, 0.4) is 0 Å². The number of carbonyl (C=O) groups excluding carboxylic acids is 1. The van der Waals surface area contributed by atoms with Gasteiger partial charge in [0, 0.05) is 11.3 Å². The summed E-state index contributed by atoms with van der Waals surface area (Å²) >= 11 is 12.5. The number of rotatable bonds is 4. The summed E-state index contributed by atoms with van der Waals surface area (Å²) in [5, 5.41) is 4.13. The van der Waals surface area contributed by atoms with Gasteiger partial charge in [0.1, 0.15) is 5.75 Å². The first-order valence-corrected chi connectivity index (χ1v) is 9.67. The van der Waals surface area contributed by atoms with Crippen LogP contribution in [-0.2, 0) is 0 Å². The Morgan fingerprint density at radius 3 is 2.28 bits per heavy atom. The summed E-state index contributed by atoms with van der Waals surface area (Å²) in [7, 11) is 1.51. The Labute approximate surface area is 178 Å². The van der Waals surface area contributed by atoms with Crippen LogP contribution in [0.5, 0.6) is 5.75 Å². The van der Waals surface area contributed by atoms with Gasteiger partial charge < -0.3 is 14.5 Å². The van der Waals surface area contributed by atoms with Crippen LogP contribution >= 0.6 is 23.2 Å². The van der Waals surface area contributed by atoms with E-state index in [2.05, 4.69) is 5.32 Å². The SMILES string of the molecule is COc1c(Cl)cc(Cl)c2oc(C(=O)Nc3ccc(-c4ccccc4)cc3)c(C)c12. The fourth-order valence-corrected chi connectivity index (χ4v) is 3.88. The molecule has 4 aromatic rings.